The fraction of sp³-hybridized carbons (Fsp3) is 0.0952. The van der Waals surface area contributed by atoms with Gasteiger partial charge in [0.15, 0.2) is 23.0 Å². The molecule has 1 heterocycles. The first-order chi connectivity index (χ1) is 13.4. The highest BCUT2D eigenvalue weighted by Crippen LogP contribution is 2.52. The molecule has 0 spiro atoms. The van der Waals surface area contributed by atoms with Crippen LogP contribution in [0, 0.1) is 0 Å². The summed E-state index contributed by atoms with van der Waals surface area (Å²) in [5.74, 6) is -1.66. The van der Waals surface area contributed by atoms with Crippen LogP contribution in [0.2, 0.25) is 0 Å². The normalized spacial score (nSPS) is 12.6. The van der Waals surface area contributed by atoms with Crippen molar-refractivity contribution in [3.8, 4) is 34.5 Å². The molecular weight excluding hydrogens is 364 g/mol. The molecule has 7 nitrogen and oxygen atoms in total. The minimum atomic E-state index is -0.483. The second-order valence-electron chi connectivity index (χ2n) is 6.41. The van der Waals surface area contributed by atoms with E-state index in [9.17, 15) is 25.2 Å². The summed E-state index contributed by atoms with van der Waals surface area (Å²) in [7, 11) is 1.30. The molecule has 1 aliphatic heterocycles. The summed E-state index contributed by atoms with van der Waals surface area (Å²) in [5, 5.41) is 39.6. The molecule has 0 amide bonds. The third kappa shape index (κ3) is 2.73. The van der Waals surface area contributed by atoms with E-state index in [2.05, 4.69) is 0 Å². The number of benzene rings is 3. The van der Waals surface area contributed by atoms with Crippen LogP contribution in [0.25, 0.3) is 0 Å². The number of aromatic hydroxyl groups is 4. The molecule has 7 heteroatoms. The Bertz CT molecular complexity index is 1030. The number of methoxy groups -OCH3 is 1. The molecule has 0 bridgehead atoms. The summed E-state index contributed by atoms with van der Waals surface area (Å²) in [6.45, 7) is 0. The second-order valence-corrected chi connectivity index (χ2v) is 6.41. The van der Waals surface area contributed by atoms with Gasteiger partial charge in [0.25, 0.3) is 0 Å². The third-order valence-electron chi connectivity index (χ3n) is 4.72. The lowest BCUT2D eigenvalue weighted by atomic mass is 9.82. The molecule has 0 aliphatic carbocycles. The average Bonchev–Trinajstić information content (AvgIpc) is 2.68. The van der Waals surface area contributed by atoms with Crippen LogP contribution >= 0.6 is 0 Å². The van der Waals surface area contributed by atoms with E-state index < -0.39 is 11.9 Å². The largest absolute Gasteiger partial charge is 0.504 e. The van der Waals surface area contributed by atoms with Crippen molar-refractivity contribution >= 4 is 5.97 Å². The SMILES string of the molecule is COC(=O)c1ccc(C2c3cc(O)c(O)cc3Oc3cc(O)c(O)cc32)cc1. The third-order valence-corrected chi connectivity index (χ3v) is 4.72. The second kappa shape index (κ2) is 6.38. The van der Waals surface area contributed by atoms with E-state index in [0.29, 0.717) is 28.2 Å². The van der Waals surface area contributed by atoms with Crippen molar-refractivity contribution in [2.45, 2.75) is 5.92 Å². The van der Waals surface area contributed by atoms with Gasteiger partial charge in [0.1, 0.15) is 11.5 Å². The van der Waals surface area contributed by atoms with Gasteiger partial charge in [-0.1, -0.05) is 12.1 Å². The zero-order chi connectivity index (χ0) is 20.0. The van der Waals surface area contributed by atoms with Crippen molar-refractivity contribution < 1.29 is 34.7 Å². The molecule has 4 N–H and O–H groups in total. The van der Waals surface area contributed by atoms with Crippen molar-refractivity contribution in [3.63, 3.8) is 0 Å². The molecule has 0 radical (unpaired) electrons. The molecular formula is C21H16O7. The molecule has 0 unspecified atom stereocenters. The lowest BCUT2D eigenvalue weighted by Crippen LogP contribution is -2.12. The predicted octanol–water partition coefficient (Wildman–Crippen LogP) is 3.58. The van der Waals surface area contributed by atoms with Gasteiger partial charge in [-0.3, -0.25) is 0 Å². The monoisotopic (exact) mass is 380 g/mol. The minimum absolute atomic E-state index is 0.301. The van der Waals surface area contributed by atoms with E-state index in [4.69, 9.17) is 9.47 Å². The molecule has 142 valence electrons. The van der Waals surface area contributed by atoms with E-state index in [1.807, 2.05) is 0 Å². The molecule has 1 aliphatic rings. The summed E-state index contributed by atoms with van der Waals surface area (Å²) in [6, 6.07) is 12.0. The summed E-state index contributed by atoms with van der Waals surface area (Å²) in [4.78, 5) is 11.7. The number of esters is 1. The Morgan fingerprint density at radius 1 is 0.821 bits per heavy atom. The van der Waals surface area contributed by atoms with Gasteiger partial charge < -0.3 is 29.9 Å². The fourth-order valence-corrected chi connectivity index (χ4v) is 3.35. The van der Waals surface area contributed by atoms with Gasteiger partial charge in [-0.15, -0.1) is 0 Å². The Labute approximate surface area is 159 Å². The maximum atomic E-state index is 11.7. The average molecular weight is 380 g/mol. The number of ether oxygens (including phenoxy) is 2. The Morgan fingerprint density at radius 2 is 1.29 bits per heavy atom. The molecule has 3 aromatic carbocycles. The molecule has 0 aromatic heterocycles. The molecule has 0 saturated heterocycles. The number of hydrogen-bond donors (Lipinski definition) is 4. The number of carbonyl (C=O) groups is 1. The van der Waals surface area contributed by atoms with Crippen LogP contribution in [-0.2, 0) is 4.74 Å². The molecule has 3 aromatic rings. The lowest BCUT2D eigenvalue weighted by molar-refractivity contribution is 0.0600. The van der Waals surface area contributed by atoms with E-state index in [1.54, 1.807) is 24.3 Å². The number of rotatable bonds is 2. The van der Waals surface area contributed by atoms with Gasteiger partial charge in [0.05, 0.1) is 12.7 Å². The highest BCUT2D eigenvalue weighted by atomic mass is 16.5. The summed E-state index contributed by atoms with van der Waals surface area (Å²) in [6.07, 6.45) is 0. The van der Waals surface area contributed by atoms with Crippen LogP contribution < -0.4 is 4.74 Å². The van der Waals surface area contributed by atoms with Crippen molar-refractivity contribution in [3.05, 3.63) is 70.8 Å². The quantitative estimate of drug-likeness (QED) is 0.310. The highest BCUT2D eigenvalue weighted by Gasteiger charge is 2.31. The van der Waals surface area contributed by atoms with E-state index in [-0.39, 0.29) is 23.0 Å². The van der Waals surface area contributed by atoms with Crippen molar-refractivity contribution in [1.29, 1.82) is 0 Å². The standard InChI is InChI=1S/C21H16O7/c1-27-21(26)11-4-2-10(3-5-11)20-12-6-14(22)16(24)8-18(12)28-19-9-17(25)15(23)7-13(19)20/h2-9,20,22-25H,1H3. The minimum Gasteiger partial charge on any atom is -0.504 e. The Hall–Kier alpha value is -3.87. The lowest BCUT2D eigenvalue weighted by Gasteiger charge is -2.29. The van der Waals surface area contributed by atoms with Gasteiger partial charge in [-0.25, -0.2) is 4.79 Å². The molecule has 0 fully saturated rings. The number of carbonyl (C=O) groups excluding carboxylic acids is 1. The number of phenols is 4. The van der Waals surface area contributed by atoms with Crippen molar-refractivity contribution in [1.82, 2.24) is 0 Å². The molecule has 28 heavy (non-hydrogen) atoms. The highest BCUT2D eigenvalue weighted by molar-refractivity contribution is 5.89. The van der Waals surface area contributed by atoms with E-state index >= 15 is 0 Å². The van der Waals surface area contributed by atoms with Gasteiger partial charge in [0, 0.05) is 29.2 Å². The Balaban J connectivity index is 1.92. The van der Waals surface area contributed by atoms with Crippen LogP contribution in [0.4, 0.5) is 0 Å². The first-order valence-corrected chi connectivity index (χ1v) is 8.37. The Kier molecular flexibility index (Phi) is 4.00. The smallest absolute Gasteiger partial charge is 0.337 e. The van der Waals surface area contributed by atoms with Gasteiger partial charge >= 0.3 is 5.97 Å². The first-order valence-electron chi connectivity index (χ1n) is 8.37. The fourth-order valence-electron chi connectivity index (χ4n) is 3.35. The van der Waals surface area contributed by atoms with Gasteiger partial charge in [-0.2, -0.15) is 0 Å². The van der Waals surface area contributed by atoms with E-state index in [0.717, 1.165) is 5.56 Å². The predicted molar refractivity (Wildman–Crippen MR) is 98.3 cm³/mol. The summed E-state index contributed by atoms with van der Waals surface area (Å²) in [5.41, 5.74) is 2.23. The van der Waals surface area contributed by atoms with Crippen molar-refractivity contribution in [2.75, 3.05) is 7.11 Å². The summed E-state index contributed by atoms with van der Waals surface area (Å²) < 4.78 is 10.5. The topological polar surface area (TPSA) is 116 Å². The van der Waals surface area contributed by atoms with E-state index in [1.165, 1.54) is 31.4 Å². The van der Waals surface area contributed by atoms with Gasteiger partial charge in [0.2, 0.25) is 0 Å². The van der Waals surface area contributed by atoms with Crippen LogP contribution in [0.3, 0.4) is 0 Å². The van der Waals surface area contributed by atoms with Gasteiger partial charge in [-0.05, 0) is 29.8 Å². The van der Waals surface area contributed by atoms with Crippen molar-refractivity contribution in [2.24, 2.45) is 0 Å². The molecule has 4 rings (SSSR count). The number of phenolic OH excluding ortho intramolecular Hbond substituents is 4. The molecule has 0 atom stereocenters. The van der Waals surface area contributed by atoms with Crippen LogP contribution in [0.15, 0.2) is 48.5 Å². The van der Waals surface area contributed by atoms with Crippen LogP contribution in [0.5, 0.6) is 34.5 Å². The maximum Gasteiger partial charge on any atom is 0.337 e. The zero-order valence-corrected chi connectivity index (χ0v) is 14.7. The number of fused-ring (bicyclic) bond motifs is 2. The maximum absolute atomic E-state index is 11.7. The Morgan fingerprint density at radius 3 is 1.75 bits per heavy atom. The zero-order valence-electron chi connectivity index (χ0n) is 14.7. The van der Waals surface area contributed by atoms with Crippen LogP contribution in [-0.4, -0.2) is 33.5 Å². The molecule has 0 saturated carbocycles. The summed E-state index contributed by atoms with van der Waals surface area (Å²) >= 11 is 0. The van der Waals surface area contributed by atoms with Crippen LogP contribution in [0.1, 0.15) is 33.0 Å². The number of hydrogen-bond acceptors (Lipinski definition) is 7. The first kappa shape index (κ1) is 17.5.